The van der Waals surface area contributed by atoms with E-state index in [0.29, 0.717) is 6.07 Å². The Morgan fingerprint density at radius 1 is 1.03 bits per heavy atom. The van der Waals surface area contributed by atoms with Crippen molar-refractivity contribution in [3.05, 3.63) is 42.4 Å². The summed E-state index contributed by atoms with van der Waals surface area (Å²) in [5, 5.41) is -0.754. The fourth-order valence-corrected chi connectivity index (χ4v) is 6.34. The minimum atomic E-state index is -5.58. The molecule has 0 atom stereocenters. The van der Waals surface area contributed by atoms with Crippen molar-refractivity contribution < 1.29 is 53.5 Å². The maximum Gasteiger partial charge on any atom is 0.493 e. The maximum atomic E-state index is 13.5. The van der Waals surface area contributed by atoms with Gasteiger partial charge in [-0.15, -0.1) is 4.73 Å². The van der Waals surface area contributed by atoms with E-state index in [1.54, 1.807) is 0 Å². The lowest BCUT2D eigenvalue weighted by molar-refractivity contribution is -0.203. The molecule has 0 bridgehead atoms. The van der Waals surface area contributed by atoms with E-state index in [9.17, 15) is 48.7 Å². The molecule has 202 valence electrons. The summed E-state index contributed by atoms with van der Waals surface area (Å²) in [6, 6.07) is 3.96. The molecule has 18 heteroatoms. The first kappa shape index (κ1) is 27.1. The van der Waals surface area contributed by atoms with Crippen LogP contribution in [0.5, 0.6) is 0 Å². The van der Waals surface area contributed by atoms with Gasteiger partial charge < -0.3 is 4.84 Å². The highest BCUT2D eigenvalue weighted by atomic mass is 32.3. The Labute approximate surface area is 205 Å². The molecule has 4 rings (SSSR count). The lowest BCUT2D eigenvalue weighted by Gasteiger charge is -2.40. The van der Waals surface area contributed by atoms with Crippen LogP contribution in [0, 0.1) is 0 Å². The van der Waals surface area contributed by atoms with E-state index in [2.05, 4.69) is 14.8 Å². The number of carbonyl (C=O) groups excluding carboxylic acids is 1. The number of alkyl halides is 6. The first-order valence-electron chi connectivity index (χ1n) is 10.1. The predicted molar refractivity (Wildman–Crippen MR) is 117 cm³/mol. The SMILES string of the molecule is O=C(On1c(C(F)(F)F)cc2c(-c3ccc(S(=O)(=O)N4CCS(O)(O)CC4)nc3)ccnc21)C(F)(F)F. The normalized spacial score (nSPS) is 18.1. The van der Waals surface area contributed by atoms with Crippen molar-refractivity contribution in [3.8, 4) is 11.1 Å². The second kappa shape index (κ2) is 9.12. The van der Waals surface area contributed by atoms with E-state index < -0.39 is 55.3 Å². The van der Waals surface area contributed by atoms with Crippen LogP contribution in [0.3, 0.4) is 0 Å². The molecule has 3 aromatic rings. The van der Waals surface area contributed by atoms with E-state index in [1.807, 2.05) is 0 Å². The van der Waals surface area contributed by atoms with Crippen molar-refractivity contribution >= 4 is 37.6 Å². The van der Waals surface area contributed by atoms with Gasteiger partial charge in [-0.05, 0) is 29.8 Å². The molecule has 0 spiro atoms. The zero-order valence-electron chi connectivity index (χ0n) is 18.2. The largest absolute Gasteiger partial charge is 0.493 e. The number of halogens is 6. The molecule has 1 fully saturated rings. The lowest BCUT2D eigenvalue weighted by Crippen LogP contribution is -2.42. The number of fused-ring (bicyclic) bond motifs is 1. The van der Waals surface area contributed by atoms with Crippen LogP contribution in [0.4, 0.5) is 26.3 Å². The molecule has 3 aromatic heterocycles. The Balaban J connectivity index is 1.73. The fraction of sp³-hybridized carbons (Fsp3) is 0.316. The molecule has 10 nitrogen and oxygen atoms in total. The van der Waals surface area contributed by atoms with Gasteiger partial charge in [0.2, 0.25) is 0 Å². The van der Waals surface area contributed by atoms with Crippen LogP contribution in [0.25, 0.3) is 22.2 Å². The molecule has 1 aliphatic rings. The fourth-order valence-electron chi connectivity index (χ4n) is 3.53. The van der Waals surface area contributed by atoms with E-state index in [4.69, 9.17) is 0 Å². The summed E-state index contributed by atoms with van der Waals surface area (Å²) in [5.41, 5.74) is -2.40. The summed E-state index contributed by atoms with van der Waals surface area (Å²) in [4.78, 5) is 22.7. The summed E-state index contributed by atoms with van der Waals surface area (Å²) in [6.45, 7) is -0.299. The molecular weight excluding hydrogens is 558 g/mol. The Kier molecular flexibility index (Phi) is 6.68. The van der Waals surface area contributed by atoms with Crippen LogP contribution >= 0.6 is 10.6 Å². The number of sulfonamides is 1. The van der Waals surface area contributed by atoms with E-state index in [0.717, 1.165) is 22.8 Å². The number of hydrogen-bond donors (Lipinski definition) is 2. The smallest absolute Gasteiger partial charge is 0.326 e. The Morgan fingerprint density at radius 2 is 1.68 bits per heavy atom. The van der Waals surface area contributed by atoms with Crippen LogP contribution in [0.2, 0.25) is 0 Å². The minimum Gasteiger partial charge on any atom is -0.326 e. The number of hydrogen-bond acceptors (Lipinski definition) is 8. The first-order chi connectivity index (χ1) is 17.0. The molecule has 2 N–H and O–H groups in total. The van der Waals surface area contributed by atoms with E-state index >= 15 is 0 Å². The molecular formula is C19H16F6N4O6S2. The van der Waals surface area contributed by atoms with Crippen molar-refractivity contribution in [2.45, 2.75) is 17.4 Å². The van der Waals surface area contributed by atoms with Crippen molar-refractivity contribution in [2.24, 2.45) is 0 Å². The molecule has 0 amide bonds. The molecule has 0 radical (unpaired) electrons. The third-order valence-electron chi connectivity index (χ3n) is 5.34. The van der Waals surface area contributed by atoms with Gasteiger partial charge in [-0.3, -0.25) is 9.11 Å². The molecule has 0 aromatic carbocycles. The average Bonchev–Trinajstić information content (AvgIpc) is 3.17. The Bertz CT molecular complexity index is 1440. The van der Waals surface area contributed by atoms with E-state index in [-0.39, 0.29) is 45.8 Å². The van der Waals surface area contributed by atoms with Crippen molar-refractivity contribution in [1.82, 2.24) is 19.0 Å². The predicted octanol–water partition coefficient (Wildman–Crippen LogP) is 3.39. The summed E-state index contributed by atoms with van der Waals surface area (Å²) >= 11 is 0. The molecule has 4 heterocycles. The van der Waals surface area contributed by atoms with Gasteiger partial charge in [-0.1, -0.05) is 0 Å². The highest BCUT2D eigenvalue weighted by molar-refractivity contribution is 8.24. The molecule has 1 saturated heterocycles. The highest BCUT2D eigenvalue weighted by Gasteiger charge is 2.45. The van der Waals surface area contributed by atoms with Gasteiger partial charge in [-0.25, -0.2) is 23.2 Å². The van der Waals surface area contributed by atoms with Gasteiger partial charge in [0.1, 0.15) is 0 Å². The van der Waals surface area contributed by atoms with Gasteiger partial charge in [0.05, 0.1) is 11.5 Å². The van der Waals surface area contributed by atoms with E-state index in [1.165, 1.54) is 12.1 Å². The third-order valence-corrected chi connectivity index (χ3v) is 8.83. The second-order valence-corrected chi connectivity index (χ2v) is 12.1. The molecule has 0 unspecified atom stereocenters. The zero-order chi connectivity index (χ0) is 27.4. The number of carbonyl (C=O) groups is 1. The quantitative estimate of drug-likeness (QED) is 0.453. The van der Waals surface area contributed by atoms with Crippen LogP contribution in [0.1, 0.15) is 5.69 Å². The number of pyridine rings is 2. The standard InChI is InChI=1S/C19H16F6N4O6S2/c20-18(21,22)14-9-13-12(3-4-26-16(13)29(14)35-17(30)19(23,24)25)11-1-2-15(27-10-11)37(33,34)28-5-7-36(31,32)8-6-28/h1-4,9-10,31-32H,5-8H2. The van der Waals surface area contributed by atoms with Gasteiger partial charge in [0.25, 0.3) is 10.0 Å². The van der Waals surface area contributed by atoms with Gasteiger partial charge in [0.15, 0.2) is 16.4 Å². The van der Waals surface area contributed by atoms with Crippen LogP contribution in [0.15, 0.2) is 41.7 Å². The van der Waals surface area contributed by atoms with Crippen molar-refractivity contribution in [3.63, 3.8) is 0 Å². The van der Waals surface area contributed by atoms with Crippen molar-refractivity contribution in [1.29, 1.82) is 0 Å². The monoisotopic (exact) mass is 574 g/mol. The molecule has 0 saturated carbocycles. The van der Waals surface area contributed by atoms with Crippen LogP contribution in [-0.2, 0) is 21.0 Å². The lowest BCUT2D eigenvalue weighted by atomic mass is 10.1. The zero-order valence-corrected chi connectivity index (χ0v) is 19.8. The third kappa shape index (κ3) is 5.37. The Hall–Kier alpha value is -2.93. The first-order valence-corrected chi connectivity index (χ1v) is 13.4. The molecule has 0 aliphatic carbocycles. The topological polar surface area (TPSA) is 135 Å². The highest BCUT2D eigenvalue weighted by Crippen LogP contribution is 2.41. The number of rotatable bonds is 4. The van der Waals surface area contributed by atoms with Crippen LogP contribution < -0.4 is 4.84 Å². The van der Waals surface area contributed by atoms with Gasteiger partial charge >= 0.3 is 18.3 Å². The summed E-state index contributed by atoms with van der Waals surface area (Å²) in [5.74, 6) is -3.18. The Morgan fingerprint density at radius 3 is 2.22 bits per heavy atom. The van der Waals surface area contributed by atoms with Gasteiger partial charge in [0, 0.05) is 36.4 Å². The summed E-state index contributed by atoms with van der Waals surface area (Å²) in [6.07, 6.45) is -8.80. The molecule has 37 heavy (non-hydrogen) atoms. The minimum absolute atomic E-state index is 0.0133. The van der Waals surface area contributed by atoms with Gasteiger partial charge in [-0.2, -0.15) is 41.2 Å². The number of aromatic nitrogens is 3. The molecule has 1 aliphatic heterocycles. The van der Waals surface area contributed by atoms with Crippen molar-refractivity contribution in [2.75, 3.05) is 24.6 Å². The summed E-state index contributed by atoms with van der Waals surface area (Å²) in [7, 11) is -6.98. The number of nitrogens with zero attached hydrogens (tertiary/aromatic N) is 4. The summed E-state index contributed by atoms with van der Waals surface area (Å²) < 4.78 is 124. The second-order valence-electron chi connectivity index (χ2n) is 7.79. The van der Waals surface area contributed by atoms with Crippen LogP contribution in [-0.4, -0.2) is 73.3 Å². The maximum absolute atomic E-state index is 13.5. The average molecular weight is 574 g/mol.